The molecule has 0 aliphatic rings. The van der Waals surface area contributed by atoms with E-state index in [1.807, 2.05) is 37.5 Å². The van der Waals surface area contributed by atoms with Gasteiger partial charge in [0.2, 0.25) is 0 Å². The zero-order chi connectivity index (χ0) is 14.8. The maximum Gasteiger partial charge on any atom is 0.0806 e. The first-order chi connectivity index (χ1) is 10.2. The van der Waals surface area contributed by atoms with Gasteiger partial charge in [-0.2, -0.15) is 0 Å². The van der Waals surface area contributed by atoms with Gasteiger partial charge in [-0.1, -0.05) is 41.4 Å². The van der Waals surface area contributed by atoms with Crippen LogP contribution in [-0.2, 0) is 0 Å². The summed E-state index contributed by atoms with van der Waals surface area (Å²) in [6.45, 7) is 0. The van der Waals surface area contributed by atoms with Crippen LogP contribution in [0.3, 0.4) is 0 Å². The molecule has 1 atom stereocenters. The Morgan fingerprint density at radius 3 is 2.62 bits per heavy atom. The molecule has 3 nitrogen and oxygen atoms in total. The van der Waals surface area contributed by atoms with E-state index in [9.17, 15) is 0 Å². The minimum Gasteiger partial charge on any atom is -0.308 e. The highest BCUT2D eigenvalue weighted by Crippen LogP contribution is 2.29. The number of para-hydroxylation sites is 1. The Bertz CT molecular complexity index is 789. The van der Waals surface area contributed by atoms with Crippen molar-refractivity contribution in [2.24, 2.45) is 0 Å². The van der Waals surface area contributed by atoms with E-state index in [1.165, 1.54) is 0 Å². The van der Waals surface area contributed by atoms with E-state index in [-0.39, 0.29) is 6.04 Å². The Balaban J connectivity index is 2.09. The number of aromatic nitrogens is 2. The Morgan fingerprint density at radius 2 is 1.86 bits per heavy atom. The first-order valence-electron chi connectivity index (χ1n) is 6.52. The highest BCUT2D eigenvalue weighted by atomic mass is 35.5. The van der Waals surface area contributed by atoms with Gasteiger partial charge >= 0.3 is 0 Å². The van der Waals surface area contributed by atoms with E-state index >= 15 is 0 Å². The quantitative estimate of drug-likeness (QED) is 0.785. The lowest BCUT2D eigenvalue weighted by molar-refractivity contribution is 0.670. The van der Waals surface area contributed by atoms with Crippen molar-refractivity contribution in [2.45, 2.75) is 6.04 Å². The second kappa shape index (κ2) is 5.98. The largest absolute Gasteiger partial charge is 0.308 e. The lowest BCUT2D eigenvalue weighted by atomic mass is 10.0. The fraction of sp³-hybridized carbons (Fsp3) is 0.125. The first-order valence-corrected chi connectivity index (χ1v) is 7.27. The number of rotatable bonds is 3. The summed E-state index contributed by atoms with van der Waals surface area (Å²) < 4.78 is 0. The third-order valence-electron chi connectivity index (χ3n) is 3.34. The second-order valence-electron chi connectivity index (χ2n) is 4.70. The fourth-order valence-corrected chi connectivity index (χ4v) is 2.83. The highest BCUT2D eigenvalue weighted by molar-refractivity contribution is 6.34. The molecule has 0 bridgehead atoms. The summed E-state index contributed by atoms with van der Waals surface area (Å²) >= 11 is 12.2. The maximum atomic E-state index is 6.26. The van der Waals surface area contributed by atoms with Crippen LogP contribution in [0.1, 0.15) is 17.3 Å². The molecule has 0 fully saturated rings. The predicted octanol–water partition coefficient (Wildman–Crippen LogP) is 4.25. The number of pyridine rings is 2. The topological polar surface area (TPSA) is 37.8 Å². The fourth-order valence-electron chi connectivity index (χ4n) is 2.34. The average molecular weight is 318 g/mol. The van der Waals surface area contributed by atoms with Crippen LogP contribution in [0.15, 0.2) is 48.8 Å². The van der Waals surface area contributed by atoms with Gasteiger partial charge in [0.05, 0.1) is 27.3 Å². The summed E-state index contributed by atoms with van der Waals surface area (Å²) in [5.74, 6) is 0. The van der Waals surface area contributed by atoms with E-state index < -0.39 is 0 Å². The number of hydrogen-bond donors (Lipinski definition) is 1. The standard InChI is InChI=1S/C16H13Cl2N3/c1-19-15(16-13(18)7-12(17)9-21-16)11-6-10-4-2-3-5-14(10)20-8-11/h2-9,15,19H,1H3. The van der Waals surface area contributed by atoms with E-state index in [4.69, 9.17) is 23.2 Å². The van der Waals surface area contributed by atoms with Gasteiger partial charge < -0.3 is 5.32 Å². The molecule has 3 aromatic rings. The number of nitrogens with zero attached hydrogens (tertiary/aromatic N) is 2. The van der Waals surface area contributed by atoms with Gasteiger partial charge in [-0.05, 0) is 30.8 Å². The van der Waals surface area contributed by atoms with Gasteiger partial charge in [0, 0.05) is 17.8 Å². The molecule has 2 aromatic heterocycles. The minimum atomic E-state index is -0.133. The Kier molecular flexibility index (Phi) is 4.06. The third-order valence-corrected chi connectivity index (χ3v) is 3.85. The van der Waals surface area contributed by atoms with Gasteiger partial charge in [0.15, 0.2) is 0 Å². The van der Waals surface area contributed by atoms with Crippen LogP contribution in [0, 0.1) is 0 Å². The molecule has 106 valence electrons. The Labute approximate surface area is 132 Å². The zero-order valence-corrected chi connectivity index (χ0v) is 12.9. The summed E-state index contributed by atoms with van der Waals surface area (Å²) in [6.07, 6.45) is 3.44. The third kappa shape index (κ3) is 2.86. The van der Waals surface area contributed by atoms with Crippen LogP contribution in [0.2, 0.25) is 10.0 Å². The molecular weight excluding hydrogens is 305 g/mol. The first kappa shape index (κ1) is 14.3. The van der Waals surface area contributed by atoms with Gasteiger partial charge in [-0.15, -0.1) is 0 Å². The van der Waals surface area contributed by atoms with E-state index in [0.29, 0.717) is 10.0 Å². The zero-order valence-electron chi connectivity index (χ0n) is 11.3. The van der Waals surface area contributed by atoms with Crippen LogP contribution in [0.4, 0.5) is 0 Å². The lowest BCUT2D eigenvalue weighted by Gasteiger charge is -2.17. The van der Waals surface area contributed by atoms with Crippen molar-refractivity contribution < 1.29 is 0 Å². The molecule has 3 rings (SSSR count). The molecule has 0 aliphatic heterocycles. The second-order valence-corrected chi connectivity index (χ2v) is 5.55. The summed E-state index contributed by atoms with van der Waals surface area (Å²) in [4.78, 5) is 8.84. The van der Waals surface area contributed by atoms with Crippen molar-refractivity contribution in [3.8, 4) is 0 Å². The molecule has 21 heavy (non-hydrogen) atoms. The number of nitrogens with one attached hydrogen (secondary N) is 1. The van der Waals surface area contributed by atoms with Gasteiger partial charge in [-0.25, -0.2) is 0 Å². The molecule has 0 spiro atoms. The molecule has 5 heteroatoms. The summed E-state index contributed by atoms with van der Waals surface area (Å²) in [5.41, 5.74) is 2.71. The SMILES string of the molecule is CNC(c1cnc2ccccc2c1)c1ncc(Cl)cc1Cl. The summed E-state index contributed by atoms with van der Waals surface area (Å²) in [5, 5.41) is 5.37. The summed E-state index contributed by atoms with van der Waals surface area (Å²) in [6, 6.07) is 11.7. The van der Waals surface area contributed by atoms with Crippen LogP contribution < -0.4 is 5.32 Å². The van der Waals surface area contributed by atoms with Crippen molar-refractivity contribution in [3.63, 3.8) is 0 Å². The Morgan fingerprint density at radius 1 is 1.05 bits per heavy atom. The number of fused-ring (bicyclic) bond motifs is 1. The maximum absolute atomic E-state index is 6.26. The van der Waals surface area contributed by atoms with Crippen molar-refractivity contribution in [3.05, 3.63) is 70.1 Å². The van der Waals surface area contributed by atoms with E-state index in [1.54, 1.807) is 12.3 Å². The average Bonchev–Trinajstić information content (AvgIpc) is 2.50. The number of benzene rings is 1. The van der Waals surface area contributed by atoms with Crippen LogP contribution in [-0.4, -0.2) is 17.0 Å². The van der Waals surface area contributed by atoms with E-state index in [0.717, 1.165) is 22.2 Å². The molecule has 0 aliphatic carbocycles. The van der Waals surface area contributed by atoms with Crippen LogP contribution in [0.5, 0.6) is 0 Å². The van der Waals surface area contributed by atoms with Gasteiger partial charge in [-0.3, -0.25) is 9.97 Å². The van der Waals surface area contributed by atoms with Crippen molar-refractivity contribution >= 4 is 34.1 Å². The monoisotopic (exact) mass is 317 g/mol. The normalized spacial score (nSPS) is 12.5. The van der Waals surface area contributed by atoms with Crippen molar-refractivity contribution in [1.82, 2.24) is 15.3 Å². The minimum absolute atomic E-state index is 0.133. The van der Waals surface area contributed by atoms with Crippen LogP contribution in [0.25, 0.3) is 10.9 Å². The molecule has 0 saturated carbocycles. The molecule has 1 unspecified atom stereocenters. The van der Waals surface area contributed by atoms with Crippen molar-refractivity contribution in [2.75, 3.05) is 7.05 Å². The summed E-state index contributed by atoms with van der Waals surface area (Å²) in [7, 11) is 1.87. The molecule has 0 amide bonds. The highest BCUT2D eigenvalue weighted by Gasteiger charge is 2.17. The molecule has 2 heterocycles. The van der Waals surface area contributed by atoms with Crippen LogP contribution >= 0.6 is 23.2 Å². The van der Waals surface area contributed by atoms with Gasteiger partial charge in [0.1, 0.15) is 0 Å². The predicted molar refractivity (Wildman–Crippen MR) is 86.9 cm³/mol. The molecule has 0 radical (unpaired) electrons. The number of halogens is 2. The molecule has 0 saturated heterocycles. The lowest BCUT2D eigenvalue weighted by Crippen LogP contribution is -2.19. The van der Waals surface area contributed by atoms with Gasteiger partial charge in [0.25, 0.3) is 0 Å². The molecular formula is C16H13Cl2N3. The number of hydrogen-bond acceptors (Lipinski definition) is 3. The molecule has 1 N–H and O–H groups in total. The van der Waals surface area contributed by atoms with E-state index in [2.05, 4.69) is 21.4 Å². The molecule has 1 aromatic carbocycles. The Hall–Kier alpha value is -1.68. The smallest absolute Gasteiger partial charge is 0.0806 e. The van der Waals surface area contributed by atoms with Crippen molar-refractivity contribution in [1.29, 1.82) is 0 Å².